The Labute approximate surface area is 164 Å². The van der Waals surface area contributed by atoms with Gasteiger partial charge in [0.15, 0.2) is 12.4 Å². The van der Waals surface area contributed by atoms with Crippen molar-refractivity contribution in [2.45, 2.75) is 13.1 Å². The average Bonchev–Trinajstić information content (AvgIpc) is 2.66. The van der Waals surface area contributed by atoms with Gasteiger partial charge >= 0.3 is 12.1 Å². The fraction of sp³-hybridized carbons (Fsp3) is 0.200. The molecule has 0 aliphatic rings. The van der Waals surface area contributed by atoms with Crippen LogP contribution in [-0.4, -0.2) is 24.1 Å². The third-order valence-corrected chi connectivity index (χ3v) is 3.85. The molecule has 6 nitrogen and oxygen atoms in total. The molecule has 2 rings (SSSR count). The zero-order valence-electron chi connectivity index (χ0n) is 15.2. The third-order valence-electron chi connectivity index (χ3n) is 3.85. The second-order valence-electron chi connectivity index (χ2n) is 6.04. The van der Waals surface area contributed by atoms with Gasteiger partial charge in [0.25, 0.3) is 0 Å². The number of halogens is 3. The van der Waals surface area contributed by atoms with Gasteiger partial charge in [0.2, 0.25) is 0 Å². The van der Waals surface area contributed by atoms with E-state index in [9.17, 15) is 22.8 Å². The standard InChI is InChI=1S/C20H16F3N3O3/c1-12(25)16(10-24)18(27)11-29-19(28)15-7-2-3-8-17(15)26-14-6-4-5-13(9-14)20(21,22)23/h2-9,16,25-26H,11H2,1H3. The van der Waals surface area contributed by atoms with Crippen LogP contribution in [0.1, 0.15) is 22.8 Å². The predicted molar refractivity (Wildman–Crippen MR) is 99.0 cm³/mol. The maximum Gasteiger partial charge on any atom is 0.416 e. The minimum atomic E-state index is -4.51. The summed E-state index contributed by atoms with van der Waals surface area (Å²) in [5.41, 5.74) is -0.722. The molecule has 0 spiro atoms. The van der Waals surface area contributed by atoms with Gasteiger partial charge in [-0.2, -0.15) is 18.4 Å². The highest BCUT2D eigenvalue weighted by atomic mass is 19.4. The molecule has 0 fully saturated rings. The van der Waals surface area contributed by atoms with E-state index >= 15 is 0 Å². The fourth-order valence-electron chi connectivity index (χ4n) is 2.41. The van der Waals surface area contributed by atoms with Crippen molar-refractivity contribution < 1.29 is 27.5 Å². The SMILES string of the molecule is CC(=N)C(C#N)C(=O)COC(=O)c1ccccc1Nc1cccc(C(F)(F)F)c1. The van der Waals surface area contributed by atoms with Crippen molar-refractivity contribution in [2.24, 2.45) is 5.92 Å². The van der Waals surface area contributed by atoms with E-state index in [1.165, 1.54) is 37.3 Å². The molecule has 0 aliphatic carbocycles. The van der Waals surface area contributed by atoms with Gasteiger partial charge in [0, 0.05) is 11.4 Å². The lowest BCUT2D eigenvalue weighted by Crippen LogP contribution is -2.25. The van der Waals surface area contributed by atoms with Crippen molar-refractivity contribution >= 4 is 28.8 Å². The van der Waals surface area contributed by atoms with Crippen molar-refractivity contribution in [1.82, 2.24) is 0 Å². The summed E-state index contributed by atoms with van der Waals surface area (Å²) in [4.78, 5) is 24.2. The van der Waals surface area contributed by atoms with Crippen LogP contribution < -0.4 is 5.32 Å². The number of nitrogens with one attached hydrogen (secondary N) is 2. The summed E-state index contributed by atoms with van der Waals surface area (Å²) in [6.45, 7) is 0.590. The summed E-state index contributed by atoms with van der Waals surface area (Å²) in [7, 11) is 0. The van der Waals surface area contributed by atoms with E-state index in [1.54, 1.807) is 12.1 Å². The highest BCUT2D eigenvalue weighted by Gasteiger charge is 2.30. The summed E-state index contributed by atoms with van der Waals surface area (Å²) in [5.74, 6) is -2.94. The van der Waals surface area contributed by atoms with Crippen molar-refractivity contribution in [3.63, 3.8) is 0 Å². The molecule has 0 amide bonds. The van der Waals surface area contributed by atoms with Crippen molar-refractivity contribution in [2.75, 3.05) is 11.9 Å². The Morgan fingerprint density at radius 3 is 2.52 bits per heavy atom. The zero-order chi connectivity index (χ0) is 21.6. The number of ketones is 1. The van der Waals surface area contributed by atoms with Gasteiger partial charge in [0.05, 0.1) is 22.9 Å². The van der Waals surface area contributed by atoms with Crippen molar-refractivity contribution in [1.29, 1.82) is 10.7 Å². The Kier molecular flexibility index (Phi) is 6.72. The topological polar surface area (TPSA) is 103 Å². The predicted octanol–water partition coefficient (Wildman–Crippen LogP) is 4.35. The van der Waals surface area contributed by atoms with Crippen LogP contribution in [0.4, 0.5) is 24.5 Å². The molecule has 150 valence electrons. The molecule has 2 aromatic rings. The summed E-state index contributed by atoms with van der Waals surface area (Å²) >= 11 is 0. The number of carbonyl (C=O) groups is 2. The lowest BCUT2D eigenvalue weighted by atomic mass is 10.0. The largest absolute Gasteiger partial charge is 0.454 e. The van der Waals surface area contributed by atoms with E-state index in [2.05, 4.69) is 5.32 Å². The van der Waals surface area contributed by atoms with Gasteiger partial charge in [0.1, 0.15) is 5.92 Å². The smallest absolute Gasteiger partial charge is 0.416 e. The van der Waals surface area contributed by atoms with Gasteiger partial charge in [-0.15, -0.1) is 0 Å². The first-order valence-electron chi connectivity index (χ1n) is 8.31. The van der Waals surface area contributed by atoms with Crippen molar-refractivity contribution in [3.8, 4) is 6.07 Å². The molecule has 0 heterocycles. The monoisotopic (exact) mass is 403 g/mol. The summed E-state index contributed by atoms with van der Waals surface area (Å²) < 4.78 is 43.5. The molecule has 9 heteroatoms. The second kappa shape index (κ2) is 9.01. The number of para-hydroxylation sites is 1. The van der Waals surface area contributed by atoms with Gasteiger partial charge in [-0.1, -0.05) is 18.2 Å². The van der Waals surface area contributed by atoms with Gasteiger partial charge in [-0.05, 0) is 37.3 Å². The normalized spacial score (nSPS) is 11.8. The molecule has 0 saturated heterocycles. The number of rotatable bonds is 7. The number of anilines is 2. The van der Waals surface area contributed by atoms with Crippen molar-refractivity contribution in [3.05, 3.63) is 59.7 Å². The molecule has 29 heavy (non-hydrogen) atoms. The Morgan fingerprint density at radius 1 is 1.21 bits per heavy atom. The van der Waals surface area contributed by atoms with Gasteiger partial charge in [-0.3, -0.25) is 4.79 Å². The van der Waals surface area contributed by atoms with Gasteiger partial charge < -0.3 is 15.5 Å². The number of hydrogen-bond acceptors (Lipinski definition) is 6. The molecule has 2 N–H and O–H groups in total. The summed E-state index contributed by atoms with van der Waals surface area (Å²) in [6.07, 6.45) is -4.51. The molecule has 1 atom stereocenters. The molecule has 0 aliphatic heterocycles. The number of hydrogen-bond donors (Lipinski definition) is 2. The number of carbonyl (C=O) groups excluding carboxylic acids is 2. The van der Waals surface area contributed by atoms with Crippen LogP contribution in [0.25, 0.3) is 0 Å². The third kappa shape index (κ3) is 5.65. The number of nitrogens with zero attached hydrogens (tertiary/aromatic N) is 1. The summed E-state index contributed by atoms with van der Waals surface area (Å²) in [6, 6.07) is 12.1. The fourth-order valence-corrected chi connectivity index (χ4v) is 2.41. The Morgan fingerprint density at radius 2 is 1.90 bits per heavy atom. The number of Topliss-reactive ketones (excluding diaryl/α,β-unsaturated/α-hetero) is 1. The molecule has 0 radical (unpaired) electrons. The average molecular weight is 403 g/mol. The number of nitriles is 1. The molecule has 0 bridgehead atoms. The van der Waals surface area contributed by atoms with Crippen LogP contribution in [0.3, 0.4) is 0 Å². The highest BCUT2D eigenvalue weighted by Crippen LogP contribution is 2.32. The van der Waals surface area contributed by atoms with Crippen LogP contribution in [0.2, 0.25) is 0 Å². The Bertz CT molecular complexity index is 981. The minimum absolute atomic E-state index is 0.00204. The van der Waals surface area contributed by atoms with Crippen LogP contribution >= 0.6 is 0 Å². The lowest BCUT2D eigenvalue weighted by molar-refractivity contribution is -0.137. The van der Waals surface area contributed by atoms with Gasteiger partial charge in [-0.25, -0.2) is 4.79 Å². The Balaban J connectivity index is 2.17. The van der Waals surface area contributed by atoms with E-state index in [0.29, 0.717) is 0 Å². The van der Waals surface area contributed by atoms with E-state index in [4.69, 9.17) is 15.4 Å². The number of esters is 1. The maximum atomic E-state index is 12.9. The minimum Gasteiger partial charge on any atom is -0.454 e. The first kappa shape index (κ1) is 21.6. The van der Waals surface area contributed by atoms with Crippen LogP contribution in [-0.2, 0) is 15.7 Å². The van der Waals surface area contributed by atoms with Crippen LogP contribution in [0, 0.1) is 22.7 Å². The lowest BCUT2D eigenvalue weighted by Gasteiger charge is -2.14. The quantitative estimate of drug-likeness (QED) is 0.528. The molecule has 0 saturated carbocycles. The van der Waals surface area contributed by atoms with E-state index in [1.807, 2.05) is 0 Å². The van der Waals surface area contributed by atoms with E-state index in [0.717, 1.165) is 12.1 Å². The van der Waals surface area contributed by atoms with Crippen LogP contribution in [0.15, 0.2) is 48.5 Å². The first-order chi connectivity index (χ1) is 13.6. The highest BCUT2D eigenvalue weighted by molar-refractivity contribution is 6.06. The number of ether oxygens (including phenoxy) is 1. The van der Waals surface area contributed by atoms with E-state index < -0.39 is 36.0 Å². The zero-order valence-corrected chi connectivity index (χ0v) is 15.2. The van der Waals surface area contributed by atoms with E-state index in [-0.39, 0.29) is 22.6 Å². The second-order valence-corrected chi connectivity index (χ2v) is 6.04. The number of alkyl halides is 3. The molecular formula is C20H16F3N3O3. The molecule has 0 aromatic heterocycles. The Hall–Kier alpha value is -3.67. The van der Waals surface area contributed by atoms with Crippen LogP contribution in [0.5, 0.6) is 0 Å². The maximum absolute atomic E-state index is 12.9. The molecule has 2 aromatic carbocycles. The number of benzene rings is 2. The summed E-state index contributed by atoms with van der Waals surface area (Å²) in [5, 5.41) is 19.0. The molecule has 1 unspecified atom stereocenters. The molecular weight excluding hydrogens is 387 g/mol. The first-order valence-corrected chi connectivity index (χ1v) is 8.31.